The Hall–Kier alpha value is -1.93. The first-order valence-electron chi connectivity index (χ1n) is 6.86. The number of benzene rings is 2. The highest BCUT2D eigenvalue weighted by Gasteiger charge is 2.20. The third-order valence-corrected chi connectivity index (χ3v) is 3.81. The largest absolute Gasteiger partial charge is 0.330 e. The van der Waals surface area contributed by atoms with Crippen LogP contribution in [0.5, 0.6) is 0 Å². The predicted octanol–water partition coefficient (Wildman–Crippen LogP) is 3.46. The Labute approximate surface area is 120 Å². The summed E-state index contributed by atoms with van der Waals surface area (Å²) in [5, 5.41) is 0. The summed E-state index contributed by atoms with van der Waals surface area (Å²) in [6.07, 6.45) is 0. The molecule has 0 unspecified atom stereocenters. The Bertz CT molecular complexity index is 629. The van der Waals surface area contributed by atoms with Crippen molar-refractivity contribution in [3.05, 3.63) is 70.8 Å². The van der Waals surface area contributed by atoms with Gasteiger partial charge < -0.3 is 5.73 Å². The second-order valence-electron chi connectivity index (χ2n) is 5.81. The fourth-order valence-electron chi connectivity index (χ4n) is 2.18. The van der Waals surface area contributed by atoms with Crippen LogP contribution in [-0.4, -0.2) is 12.3 Å². The summed E-state index contributed by atoms with van der Waals surface area (Å²) >= 11 is 0. The zero-order valence-electron chi connectivity index (χ0n) is 12.3. The summed E-state index contributed by atoms with van der Waals surface area (Å²) in [5.74, 6) is 0.0674. The highest BCUT2D eigenvalue weighted by molar-refractivity contribution is 6.09. The van der Waals surface area contributed by atoms with Gasteiger partial charge in [-0.1, -0.05) is 56.3 Å². The van der Waals surface area contributed by atoms with Crippen LogP contribution in [0.15, 0.2) is 48.5 Å². The van der Waals surface area contributed by atoms with Gasteiger partial charge in [0.05, 0.1) is 0 Å². The van der Waals surface area contributed by atoms with E-state index in [1.165, 1.54) is 0 Å². The number of hydrogen-bond acceptors (Lipinski definition) is 2. The van der Waals surface area contributed by atoms with Gasteiger partial charge in [-0.15, -0.1) is 0 Å². The molecule has 2 rings (SSSR count). The van der Waals surface area contributed by atoms with Crippen molar-refractivity contribution in [1.29, 1.82) is 0 Å². The average molecular weight is 267 g/mol. The van der Waals surface area contributed by atoms with Gasteiger partial charge in [0.2, 0.25) is 0 Å². The third kappa shape index (κ3) is 2.81. The molecule has 0 aromatic heterocycles. The Morgan fingerprint density at radius 1 is 1.10 bits per heavy atom. The van der Waals surface area contributed by atoms with E-state index in [0.717, 1.165) is 22.3 Å². The van der Waals surface area contributed by atoms with Crippen LogP contribution in [0.2, 0.25) is 0 Å². The van der Waals surface area contributed by atoms with E-state index in [4.69, 9.17) is 5.73 Å². The third-order valence-electron chi connectivity index (χ3n) is 3.81. The molecule has 2 nitrogen and oxygen atoms in total. The lowest BCUT2D eigenvalue weighted by Crippen LogP contribution is -2.28. The molecule has 2 aromatic carbocycles. The first kappa shape index (κ1) is 14.5. The topological polar surface area (TPSA) is 43.1 Å². The summed E-state index contributed by atoms with van der Waals surface area (Å²) < 4.78 is 0. The van der Waals surface area contributed by atoms with Crippen molar-refractivity contribution in [2.45, 2.75) is 26.2 Å². The minimum Gasteiger partial charge on any atom is -0.330 e. The van der Waals surface area contributed by atoms with E-state index in [-0.39, 0.29) is 11.2 Å². The van der Waals surface area contributed by atoms with Crippen LogP contribution >= 0.6 is 0 Å². The number of carbonyl (C=O) groups excluding carboxylic acids is 1. The molecule has 0 aliphatic carbocycles. The van der Waals surface area contributed by atoms with Gasteiger partial charge in [0.1, 0.15) is 0 Å². The average Bonchev–Trinajstić information content (AvgIpc) is 2.47. The zero-order chi connectivity index (χ0) is 14.8. The van der Waals surface area contributed by atoms with E-state index in [2.05, 4.69) is 13.8 Å². The Kier molecular flexibility index (Phi) is 4.05. The summed E-state index contributed by atoms with van der Waals surface area (Å²) in [4.78, 5) is 12.6. The summed E-state index contributed by atoms with van der Waals surface area (Å²) in [6.45, 7) is 6.69. The van der Waals surface area contributed by atoms with Crippen molar-refractivity contribution in [2.75, 3.05) is 6.54 Å². The van der Waals surface area contributed by atoms with E-state index in [1.807, 2.05) is 55.5 Å². The number of ketones is 1. The smallest absolute Gasteiger partial charge is 0.193 e. The molecule has 20 heavy (non-hydrogen) atoms. The van der Waals surface area contributed by atoms with Crippen molar-refractivity contribution in [3.8, 4) is 0 Å². The summed E-state index contributed by atoms with van der Waals surface area (Å²) in [7, 11) is 0. The van der Waals surface area contributed by atoms with Crippen LogP contribution < -0.4 is 5.73 Å². The molecular formula is C18H21NO. The standard InChI is InChI=1S/C18H21NO/c1-13-7-4-5-10-16(13)17(20)14-8-6-9-15(11-14)18(2,3)12-19/h4-11H,12,19H2,1-3H3. The second kappa shape index (κ2) is 5.59. The van der Waals surface area contributed by atoms with Gasteiger partial charge in [0.15, 0.2) is 5.78 Å². The van der Waals surface area contributed by atoms with Crippen molar-refractivity contribution < 1.29 is 4.79 Å². The lowest BCUT2D eigenvalue weighted by atomic mass is 9.83. The molecule has 2 N–H and O–H groups in total. The van der Waals surface area contributed by atoms with E-state index in [9.17, 15) is 4.79 Å². The van der Waals surface area contributed by atoms with Gasteiger partial charge in [0.25, 0.3) is 0 Å². The van der Waals surface area contributed by atoms with E-state index in [1.54, 1.807) is 0 Å². The fraction of sp³-hybridized carbons (Fsp3) is 0.278. The molecule has 0 amide bonds. The molecular weight excluding hydrogens is 246 g/mol. The molecule has 2 heteroatoms. The fourth-order valence-corrected chi connectivity index (χ4v) is 2.18. The Morgan fingerprint density at radius 3 is 2.45 bits per heavy atom. The quantitative estimate of drug-likeness (QED) is 0.862. The molecule has 0 aliphatic rings. The van der Waals surface area contributed by atoms with Gasteiger partial charge in [-0.25, -0.2) is 0 Å². The van der Waals surface area contributed by atoms with Gasteiger partial charge in [-0.05, 0) is 24.1 Å². The molecule has 2 aromatic rings. The highest BCUT2D eigenvalue weighted by atomic mass is 16.1. The van der Waals surface area contributed by atoms with E-state index >= 15 is 0 Å². The molecule has 0 bridgehead atoms. The second-order valence-corrected chi connectivity index (χ2v) is 5.81. The molecule has 0 atom stereocenters. The number of rotatable bonds is 4. The van der Waals surface area contributed by atoms with E-state index in [0.29, 0.717) is 6.54 Å². The Balaban J connectivity index is 2.42. The molecule has 0 fully saturated rings. The van der Waals surface area contributed by atoms with Crippen LogP contribution in [0.25, 0.3) is 0 Å². The van der Waals surface area contributed by atoms with Crippen molar-refractivity contribution in [3.63, 3.8) is 0 Å². The monoisotopic (exact) mass is 267 g/mol. The van der Waals surface area contributed by atoms with Crippen molar-refractivity contribution in [1.82, 2.24) is 0 Å². The lowest BCUT2D eigenvalue weighted by molar-refractivity contribution is 0.103. The van der Waals surface area contributed by atoms with Crippen LogP contribution in [0.4, 0.5) is 0 Å². The van der Waals surface area contributed by atoms with Crippen LogP contribution in [0.1, 0.15) is 40.9 Å². The molecule has 0 saturated heterocycles. The normalized spacial score (nSPS) is 11.4. The lowest BCUT2D eigenvalue weighted by Gasteiger charge is -2.23. The number of hydrogen-bond donors (Lipinski definition) is 1. The highest BCUT2D eigenvalue weighted by Crippen LogP contribution is 2.24. The van der Waals surface area contributed by atoms with E-state index < -0.39 is 0 Å². The maximum atomic E-state index is 12.6. The van der Waals surface area contributed by atoms with Crippen LogP contribution in [0, 0.1) is 6.92 Å². The van der Waals surface area contributed by atoms with Gasteiger partial charge in [-0.3, -0.25) is 4.79 Å². The number of aryl methyl sites for hydroxylation is 1. The van der Waals surface area contributed by atoms with Gasteiger partial charge >= 0.3 is 0 Å². The predicted molar refractivity (Wildman–Crippen MR) is 83.1 cm³/mol. The molecule has 0 spiro atoms. The van der Waals surface area contributed by atoms with Gasteiger partial charge in [0, 0.05) is 23.1 Å². The molecule has 0 heterocycles. The molecule has 0 radical (unpaired) electrons. The zero-order valence-corrected chi connectivity index (χ0v) is 12.3. The first-order chi connectivity index (χ1) is 9.45. The van der Waals surface area contributed by atoms with Crippen molar-refractivity contribution in [2.24, 2.45) is 5.73 Å². The molecule has 0 aliphatic heterocycles. The molecule has 0 saturated carbocycles. The number of nitrogens with two attached hydrogens (primary N) is 1. The van der Waals surface area contributed by atoms with Crippen LogP contribution in [0.3, 0.4) is 0 Å². The maximum absolute atomic E-state index is 12.6. The number of carbonyl (C=O) groups is 1. The van der Waals surface area contributed by atoms with Crippen LogP contribution in [-0.2, 0) is 5.41 Å². The molecule has 104 valence electrons. The Morgan fingerprint density at radius 2 is 1.80 bits per heavy atom. The minimum atomic E-state index is -0.123. The first-order valence-corrected chi connectivity index (χ1v) is 6.86. The summed E-state index contributed by atoms with van der Waals surface area (Å²) in [5.41, 5.74) is 9.27. The summed E-state index contributed by atoms with van der Waals surface area (Å²) in [6, 6.07) is 15.5. The van der Waals surface area contributed by atoms with Gasteiger partial charge in [-0.2, -0.15) is 0 Å². The maximum Gasteiger partial charge on any atom is 0.193 e. The minimum absolute atomic E-state index is 0.0674. The SMILES string of the molecule is Cc1ccccc1C(=O)c1cccc(C(C)(C)CN)c1. The van der Waals surface area contributed by atoms with Crippen molar-refractivity contribution >= 4 is 5.78 Å².